The summed E-state index contributed by atoms with van der Waals surface area (Å²) in [5.74, 6) is -0.444. The van der Waals surface area contributed by atoms with Crippen molar-refractivity contribution in [2.24, 2.45) is 0 Å². The Morgan fingerprint density at radius 2 is 1.94 bits per heavy atom. The first-order valence-electron chi connectivity index (χ1n) is 11.9. The lowest BCUT2D eigenvalue weighted by Crippen LogP contribution is -2.52. The van der Waals surface area contributed by atoms with Crippen LogP contribution >= 0.6 is 0 Å². The number of carbonyl (C=O) groups excluding carboxylic acids is 1. The summed E-state index contributed by atoms with van der Waals surface area (Å²) in [5.41, 5.74) is 1.94. The summed E-state index contributed by atoms with van der Waals surface area (Å²) in [7, 11) is 3.58. The van der Waals surface area contributed by atoms with Gasteiger partial charge < -0.3 is 24.8 Å². The van der Waals surface area contributed by atoms with Crippen molar-refractivity contribution >= 4 is 17.6 Å². The molecule has 0 aliphatic heterocycles. The minimum absolute atomic E-state index is 0.0502. The lowest BCUT2D eigenvalue weighted by Gasteiger charge is -2.37. The van der Waals surface area contributed by atoms with Crippen molar-refractivity contribution in [1.29, 1.82) is 0 Å². The van der Waals surface area contributed by atoms with E-state index < -0.39 is 24.2 Å². The Morgan fingerprint density at radius 1 is 1.26 bits per heavy atom. The number of carbonyl (C=O) groups is 2. The molecule has 3 rings (SSSR count). The van der Waals surface area contributed by atoms with Gasteiger partial charge in [-0.3, -0.25) is 4.79 Å². The Morgan fingerprint density at radius 3 is 2.51 bits per heavy atom. The molecule has 0 radical (unpaired) electrons. The van der Waals surface area contributed by atoms with Crippen molar-refractivity contribution in [1.82, 2.24) is 20.3 Å². The van der Waals surface area contributed by atoms with Crippen LogP contribution in [0.25, 0.3) is 0 Å². The fourth-order valence-corrected chi connectivity index (χ4v) is 4.32. The molecule has 2 N–H and O–H groups in total. The predicted octanol–water partition coefficient (Wildman–Crippen LogP) is 2.96. The van der Waals surface area contributed by atoms with Crippen molar-refractivity contribution < 1.29 is 24.2 Å². The van der Waals surface area contributed by atoms with Crippen molar-refractivity contribution in [3.8, 4) is 5.75 Å². The number of anilines is 1. The number of carboxylic acids is 1. The Kier molecular flexibility index (Phi) is 8.86. The second kappa shape index (κ2) is 11.8. The summed E-state index contributed by atoms with van der Waals surface area (Å²) in [5, 5.41) is 21.4. The monoisotopic (exact) mass is 485 g/mol. The molecule has 10 nitrogen and oxygen atoms in total. The summed E-state index contributed by atoms with van der Waals surface area (Å²) in [6.07, 6.45) is 4.54. The first-order valence-corrected chi connectivity index (χ1v) is 11.9. The lowest BCUT2D eigenvalue weighted by atomic mass is 9.87. The van der Waals surface area contributed by atoms with E-state index in [9.17, 15) is 14.7 Å². The third-order valence-electron chi connectivity index (χ3n) is 6.28. The number of aromatic nitrogens is 3. The zero-order valence-electron chi connectivity index (χ0n) is 21.0. The third-order valence-corrected chi connectivity index (χ3v) is 6.28. The summed E-state index contributed by atoms with van der Waals surface area (Å²) >= 11 is 0. The molecule has 0 unspecified atom stereocenters. The zero-order chi connectivity index (χ0) is 25.5. The van der Waals surface area contributed by atoms with Gasteiger partial charge in [0.05, 0.1) is 44.1 Å². The van der Waals surface area contributed by atoms with E-state index in [0.29, 0.717) is 12.2 Å². The van der Waals surface area contributed by atoms with Crippen LogP contribution in [0.15, 0.2) is 42.1 Å². The number of amides is 1. The van der Waals surface area contributed by atoms with E-state index in [4.69, 9.17) is 9.47 Å². The fraction of sp³-hybridized carbons (Fsp3) is 0.520. The molecular formula is C25H35N5O5. The molecule has 0 bridgehead atoms. The largest absolute Gasteiger partial charge is 0.497 e. The smallest absolute Gasteiger partial charge is 0.331 e. The van der Waals surface area contributed by atoms with E-state index in [-0.39, 0.29) is 24.0 Å². The van der Waals surface area contributed by atoms with E-state index >= 15 is 0 Å². The molecule has 1 aromatic heterocycles. The van der Waals surface area contributed by atoms with Gasteiger partial charge in [-0.1, -0.05) is 19.1 Å². The maximum absolute atomic E-state index is 12.1. The molecule has 2 aromatic rings. The maximum atomic E-state index is 12.1. The Hall–Kier alpha value is -3.40. The van der Waals surface area contributed by atoms with Gasteiger partial charge in [0.2, 0.25) is 5.91 Å². The average Bonchev–Trinajstić information content (AvgIpc) is 3.30. The SMILES string of the molecule is CCC(CC)O[C@@H]1C=C(C(=O)O)C[C@H](n2cc(CN(C)c3ccc(OC)cc3)nn2)[C@H]1NC(C)=O. The predicted molar refractivity (Wildman–Crippen MR) is 131 cm³/mol. The van der Waals surface area contributed by atoms with E-state index in [1.807, 2.05) is 50.1 Å². The molecule has 0 fully saturated rings. The van der Waals surface area contributed by atoms with Gasteiger partial charge in [0.15, 0.2) is 0 Å². The quantitative estimate of drug-likeness (QED) is 0.499. The van der Waals surface area contributed by atoms with Crippen LogP contribution in [-0.2, 0) is 20.9 Å². The molecule has 0 spiro atoms. The second-order valence-corrected chi connectivity index (χ2v) is 8.78. The average molecular weight is 486 g/mol. The van der Waals surface area contributed by atoms with Gasteiger partial charge >= 0.3 is 5.97 Å². The molecule has 0 saturated heterocycles. The van der Waals surface area contributed by atoms with Gasteiger partial charge in [-0.2, -0.15) is 0 Å². The number of rotatable bonds is 11. The number of nitrogens with zero attached hydrogens (tertiary/aromatic N) is 4. The first kappa shape index (κ1) is 26.2. The van der Waals surface area contributed by atoms with E-state index in [2.05, 4.69) is 15.6 Å². The van der Waals surface area contributed by atoms with Crippen LogP contribution in [0.3, 0.4) is 0 Å². The van der Waals surface area contributed by atoms with Crippen molar-refractivity contribution in [3.05, 3.63) is 47.8 Å². The molecule has 190 valence electrons. The maximum Gasteiger partial charge on any atom is 0.331 e. The molecular weight excluding hydrogens is 450 g/mol. The molecule has 1 aliphatic rings. The highest BCUT2D eigenvalue weighted by Gasteiger charge is 2.39. The highest BCUT2D eigenvalue weighted by molar-refractivity contribution is 5.87. The van der Waals surface area contributed by atoms with Gasteiger partial charge in [0, 0.05) is 31.7 Å². The molecule has 0 saturated carbocycles. The van der Waals surface area contributed by atoms with Crippen molar-refractivity contribution in [2.45, 2.75) is 70.9 Å². The van der Waals surface area contributed by atoms with Crippen LogP contribution in [0.2, 0.25) is 0 Å². The van der Waals surface area contributed by atoms with Crippen LogP contribution in [-0.4, -0.2) is 64.4 Å². The topological polar surface area (TPSA) is 119 Å². The highest BCUT2D eigenvalue weighted by atomic mass is 16.5. The van der Waals surface area contributed by atoms with Gasteiger partial charge in [-0.05, 0) is 43.2 Å². The number of hydrogen-bond acceptors (Lipinski definition) is 7. The van der Waals surface area contributed by atoms with Crippen LogP contribution in [0.5, 0.6) is 5.75 Å². The summed E-state index contributed by atoms with van der Waals surface area (Å²) in [4.78, 5) is 26.0. The highest BCUT2D eigenvalue weighted by Crippen LogP contribution is 2.32. The van der Waals surface area contributed by atoms with Gasteiger partial charge in [0.25, 0.3) is 0 Å². The van der Waals surface area contributed by atoms with Gasteiger partial charge in [-0.25, -0.2) is 9.48 Å². The number of ether oxygens (including phenoxy) is 2. The van der Waals surface area contributed by atoms with Crippen LogP contribution in [0.4, 0.5) is 5.69 Å². The molecule has 1 amide bonds. The number of carboxylic acid groups (broad SMARTS) is 1. The van der Waals surface area contributed by atoms with Crippen molar-refractivity contribution in [3.63, 3.8) is 0 Å². The zero-order valence-corrected chi connectivity index (χ0v) is 21.0. The number of hydrogen-bond donors (Lipinski definition) is 2. The molecule has 35 heavy (non-hydrogen) atoms. The minimum atomic E-state index is -1.01. The number of methoxy groups -OCH3 is 1. The van der Waals surface area contributed by atoms with Gasteiger partial charge in [-0.15, -0.1) is 5.10 Å². The standard InChI is InChI=1S/C25H35N5O5/c1-6-20(7-2)35-23-13-17(25(32)33)12-22(24(23)26-16(3)31)30-15-18(27-28-30)14-29(4)19-8-10-21(34-5)11-9-19/h8-11,13,15,20,22-24H,6-7,12,14H2,1-5H3,(H,26,31)(H,32,33)/t22-,23+,24+/m0/s1. The molecule has 10 heteroatoms. The molecule has 1 aliphatic carbocycles. The molecule has 3 atom stereocenters. The first-order chi connectivity index (χ1) is 16.7. The summed E-state index contributed by atoms with van der Waals surface area (Å²) in [6, 6.07) is 6.76. The Balaban J connectivity index is 1.85. The lowest BCUT2D eigenvalue weighted by molar-refractivity contribution is -0.133. The summed E-state index contributed by atoms with van der Waals surface area (Å²) < 4.78 is 13.1. The Labute approximate surface area is 205 Å². The number of benzene rings is 1. The molecule has 1 heterocycles. The van der Waals surface area contributed by atoms with Crippen molar-refractivity contribution in [2.75, 3.05) is 19.1 Å². The Bertz CT molecular complexity index is 1030. The molecule has 1 aromatic carbocycles. The van der Waals surface area contributed by atoms with Crippen LogP contribution < -0.4 is 15.0 Å². The number of nitrogens with one attached hydrogen (secondary N) is 1. The normalized spacial score (nSPS) is 19.8. The van der Waals surface area contributed by atoms with Crippen LogP contribution in [0, 0.1) is 0 Å². The fourth-order valence-electron chi connectivity index (χ4n) is 4.32. The number of aliphatic carboxylic acids is 1. The van der Waals surface area contributed by atoms with E-state index in [0.717, 1.165) is 24.3 Å². The van der Waals surface area contributed by atoms with Gasteiger partial charge in [0.1, 0.15) is 11.4 Å². The second-order valence-electron chi connectivity index (χ2n) is 8.78. The summed E-state index contributed by atoms with van der Waals surface area (Å²) in [6.45, 7) is 5.98. The third kappa shape index (κ3) is 6.60. The van der Waals surface area contributed by atoms with Crippen LogP contribution in [0.1, 0.15) is 51.8 Å². The minimum Gasteiger partial charge on any atom is -0.497 e. The van der Waals surface area contributed by atoms with E-state index in [1.165, 1.54) is 6.92 Å². The van der Waals surface area contributed by atoms with E-state index in [1.54, 1.807) is 24.1 Å².